The summed E-state index contributed by atoms with van der Waals surface area (Å²) >= 11 is 0. The Morgan fingerprint density at radius 3 is 2.16 bits per heavy atom. The number of hydrogen-bond acceptors (Lipinski definition) is 5. The molecule has 7 nitrogen and oxygen atoms in total. The minimum absolute atomic E-state index is 0.0809. The van der Waals surface area contributed by atoms with Crippen LogP contribution < -0.4 is 9.96 Å². The molecule has 0 saturated carbocycles. The van der Waals surface area contributed by atoms with E-state index in [0.717, 1.165) is 21.7 Å². The molecule has 0 unspecified atom stereocenters. The molecule has 0 bridgehead atoms. The fraction of sp³-hybridized carbons (Fsp3) is 0.160. The van der Waals surface area contributed by atoms with Gasteiger partial charge in [0.15, 0.2) is 6.10 Å². The number of hydrogen-bond donors (Lipinski definition) is 1. The van der Waals surface area contributed by atoms with Crippen molar-refractivity contribution in [3.8, 4) is 0 Å². The van der Waals surface area contributed by atoms with Gasteiger partial charge in [0.2, 0.25) is 5.91 Å². The zero-order valence-electron chi connectivity index (χ0n) is 17.2. The van der Waals surface area contributed by atoms with Gasteiger partial charge in [0.05, 0.1) is 23.0 Å². The van der Waals surface area contributed by atoms with Crippen molar-refractivity contribution < 1.29 is 24.3 Å². The molecule has 5 rings (SSSR count). The van der Waals surface area contributed by atoms with Gasteiger partial charge in [0.1, 0.15) is 5.92 Å². The minimum atomic E-state index is -1.08. The predicted molar refractivity (Wildman–Crippen MR) is 117 cm³/mol. The predicted octanol–water partition coefficient (Wildman–Crippen LogP) is 3.74. The molecular weight excluding hydrogens is 408 g/mol. The van der Waals surface area contributed by atoms with E-state index < -0.39 is 29.9 Å². The molecule has 0 aliphatic carbocycles. The first kappa shape index (κ1) is 20.0. The normalized spacial score (nSPS) is 22.3. The molecule has 0 radical (unpaired) electrons. The van der Waals surface area contributed by atoms with Crippen LogP contribution in [0.1, 0.15) is 27.5 Å². The number of aryl methyl sites for hydroxylation is 1. The molecule has 0 aromatic heterocycles. The zero-order valence-corrected chi connectivity index (χ0v) is 17.2. The number of carbonyl (C=O) groups is 3. The number of aromatic carboxylic acids is 1. The topological polar surface area (TPSA) is 87.2 Å². The lowest BCUT2D eigenvalue weighted by Crippen LogP contribution is -2.37. The first-order valence-electron chi connectivity index (χ1n) is 10.2. The van der Waals surface area contributed by atoms with E-state index in [-0.39, 0.29) is 11.5 Å². The maximum Gasteiger partial charge on any atom is 0.335 e. The molecule has 3 aromatic carbocycles. The summed E-state index contributed by atoms with van der Waals surface area (Å²) in [6.45, 7) is 1.97. The lowest BCUT2D eigenvalue weighted by atomic mass is 9.88. The number of fused-ring (bicyclic) bond motifs is 1. The molecule has 1 N–H and O–H groups in total. The minimum Gasteiger partial charge on any atom is -0.478 e. The Hall–Kier alpha value is -3.97. The average Bonchev–Trinajstić information content (AvgIpc) is 3.31. The second-order valence-corrected chi connectivity index (χ2v) is 7.88. The van der Waals surface area contributed by atoms with E-state index in [1.54, 1.807) is 5.06 Å². The third kappa shape index (κ3) is 3.06. The molecule has 32 heavy (non-hydrogen) atoms. The van der Waals surface area contributed by atoms with Gasteiger partial charge in [0.25, 0.3) is 5.91 Å². The Balaban J connectivity index is 1.57. The molecular formula is C25H20N2O5. The van der Waals surface area contributed by atoms with Gasteiger partial charge in [0, 0.05) is 0 Å². The molecule has 0 spiro atoms. The first-order valence-corrected chi connectivity index (χ1v) is 10.2. The van der Waals surface area contributed by atoms with Crippen molar-refractivity contribution in [3.63, 3.8) is 0 Å². The Bertz CT molecular complexity index is 1210. The van der Waals surface area contributed by atoms with Crippen molar-refractivity contribution in [2.45, 2.75) is 19.1 Å². The van der Waals surface area contributed by atoms with Gasteiger partial charge >= 0.3 is 5.97 Å². The number of rotatable bonds is 4. The van der Waals surface area contributed by atoms with Gasteiger partial charge in [-0.05, 0) is 54.4 Å². The number of carboxylic acid groups (broad SMARTS) is 1. The third-order valence-corrected chi connectivity index (χ3v) is 6.01. The van der Waals surface area contributed by atoms with E-state index in [0.29, 0.717) is 5.69 Å². The van der Waals surface area contributed by atoms with Crippen LogP contribution in [0, 0.1) is 12.8 Å². The highest BCUT2D eigenvalue weighted by Crippen LogP contribution is 2.48. The summed E-state index contributed by atoms with van der Waals surface area (Å²) < 4.78 is 0. The lowest BCUT2D eigenvalue weighted by Gasteiger charge is -2.29. The van der Waals surface area contributed by atoms with Gasteiger partial charge in [-0.15, -0.1) is 0 Å². The molecule has 7 heteroatoms. The van der Waals surface area contributed by atoms with E-state index in [1.807, 2.05) is 61.5 Å². The Morgan fingerprint density at radius 2 is 1.50 bits per heavy atom. The van der Waals surface area contributed by atoms with Crippen molar-refractivity contribution >= 4 is 29.2 Å². The second kappa shape index (κ2) is 7.62. The SMILES string of the molecule is Cc1ccccc1[C@@H]1[C@H]2C(=O)N(c3ccc(C(=O)O)cc3)C(=O)[C@@H]2ON1c1ccccc1. The van der Waals surface area contributed by atoms with Gasteiger partial charge in [-0.3, -0.25) is 14.4 Å². The fourth-order valence-corrected chi connectivity index (χ4v) is 4.46. The molecule has 2 fully saturated rings. The molecule has 3 aromatic rings. The number of para-hydroxylation sites is 1. The van der Waals surface area contributed by atoms with E-state index in [4.69, 9.17) is 9.94 Å². The molecule has 2 amide bonds. The van der Waals surface area contributed by atoms with E-state index in [1.165, 1.54) is 24.3 Å². The number of anilines is 2. The van der Waals surface area contributed by atoms with Crippen LogP contribution in [0.15, 0.2) is 78.9 Å². The Kier molecular flexibility index (Phi) is 4.75. The van der Waals surface area contributed by atoms with Crippen LogP contribution in [-0.4, -0.2) is 29.0 Å². The average molecular weight is 428 g/mol. The van der Waals surface area contributed by atoms with Crippen LogP contribution in [-0.2, 0) is 14.4 Å². The molecule has 2 heterocycles. The molecule has 3 atom stereocenters. The zero-order chi connectivity index (χ0) is 22.4. The van der Waals surface area contributed by atoms with Crippen LogP contribution in [0.2, 0.25) is 0 Å². The van der Waals surface area contributed by atoms with Crippen molar-refractivity contribution in [3.05, 3.63) is 95.6 Å². The quantitative estimate of drug-likeness (QED) is 0.637. The first-order chi connectivity index (χ1) is 15.5. The summed E-state index contributed by atoms with van der Waals surface area (Å²) in [6, 6.07) is 22.4. The van der Waals surface area contributed by atoms with E-state index in [2.05, 4.69) is 0 Å². The van der Waals surface area contributed by atoms with Crippen LogP contribution in [0.5, 0.6) is 0 Å². The van der Waals surface area contributed by atoms with Crippen LogP contribution in [0.3, 0.4) is 0 Å². The second-order valence-electron chi connectivity index (χ2n) is 7.88. The summed E-state index contributed by atoms with van der Waals surface area (Å²) in [5.74, 6) is -2.63. The summed E-state index contributed by atoms with van der Waals surface area (Å²) in [6.07, 6.45) is -0.966. The van der Waals surface area contributed by atoms with Gasteiger partial charge in [-0.1, -0.05) is 42.5 Å². The van der Waals surface area contributed by atoms with Crippen molar-refractivity contribution in [1.82, 2.24) is 0 Å². The monoisotopic (exact) mass is 428 g/mol. The van der Waals surface area contributed by atoms with Crippen molar-refractivity contribution in [2.24, 2.45) is 5.92 Å². The van der Waals surface area contributed by atoms with E-state index >= 15 is 0 Å². The molecule has 2 saturated heterocycles. The Labute approximate surface area is 184 Å². The van der Waals surface area contributed by atoms with Gasteiger partial charge < -0.3 is 5.11 Å². The number of carboxylic acids is 1. The maximum atomic E-state index is 13.6. The molecule has 160 valence electrons. The van der Waals surface area contributed by atoms with Crippen LogP contribution in [0.4, 0.5) is 11.4 Å². The van der Waals surface area contributed by atoms with Crippen molar-refractivity contribution in [2.75, 3.05) is 9.96 Å². The maximum absolute atomic E-state index is 13.6. The number of hydroxylamine groups is 1. The number of amides is 2. The van der Waals surface area contributed by atoms with Crippen LogP contribution >= 0.6 is 0 Å². The number of benzene rings is 3. The lowest BCUT2D eigenvalue weighted by molar-refractivity contribution is -0.126. The number of nitrogens with zero attached hydrogens (tertiary/aromatic N) is 2. The summed E-state index contributed by atoms with van der Waals surface area (Å²) in [5, 5.41) is 10.8. The summed E-state index contributed by atoms with van der Waals surface area (Å²) in [4.78, 5) is 45.2. The highest BCUT2D eigenvalue weighted by atomic mass is 16.7. The highest BCUT2D eigenvalue weighted by molar-refractivity contribution is 6.24. The summed E-state index contributed by atoms with van der Waals surface area (Å²) in [5.41, 5.74) is 3.07. The third-order valence-electron chi connectivity index (χ3n) is 6.01. The largest absolute Gasteiger partial charge is 0.478 e. The summed E-state index contributed by atoms with van der Waals surface area (Å²) in [7, 11) is 0. The fourth-order valence-electron chi connectivity index (χ4n) is 4.46. The smallest absolute Gasteiger partial charge is 0.335 e. The van der Waals surface area contributed by atoms with Crippen molar-refractivity contribution in [1.29, 1.82) is 0 Å². The van der Waals surface area contributed by atoms with Crippen LogP contribution in [0.25, 0.3) is 0 Å². The molecule has 2 aliphatic heterocycles. The molecule has 2 aliphatic rings. The van der Waals surface area contributed by atoms with Gasteiger partial charge in [-0.2, -0.15) is 0 Å². The number of imide groups is 1. The number of carbonyl (C=O) groups excluding carboxylic acids is 2. The highest BCUT2D eigenvalue weighted by Gasteiger charge is 2.60. The standard InChI is InChI=1S/C25H20N2O5/c1-15-7-5-6-10-19(15)21-20-22(32-27(21)18-8-3-2-4-9-18)24(29)26(23(20)28)17-13-11-16(12-14-17)25(30)31/h2-14,20-22H,1H3,(H,30,31)/t20-,21-,22-/m1/s1. The van der Waals surface area contributed by atoms with Gasteiger partial charge in [-0.25, -0.2) is 14.8 Å². The van der Waals surface area contributed by atoms with E-state index in [9.17, 15) is 14.4 Å². The Morgan fingerprint density at radius 1 is 0.844 bits per heavy atom.